The Balaban J connectivity index is 1.53. The smallest absolute Gasteiger partial charge is 0.344 e. The number of hydrogen-bond acceptors (Lipinski definition) is 4. The summed E-state index contributed by atoms with van der Waals surface area (Å²) in [6.45, 7) is 1.86. The molecule has 4 aromatic rings. The highest BCUT2D eigenvalue weighted by Gasteiger charge is 2.11. The normalized spacial score (nSPS) is 10.6. The molecule has 1 aromatic heterocycles. The first kappa shape index (κ1) is 20.8. The first-order chi connectivity index (χ1) is 14.9. The molecule has 3 aromatic carbocycles. The van der Waals surface area contributed by atoms with Crippen LogP contribution in [0.5, 0.6) is 0 Å². The van der Waals surface area contributed by atoms with Gasteiger partial charge in [-0.05, 0) is 66.7 Å². The van der Waals surface area contributed by atoms with Crippen LogP contribution in [0.25, 0.3) is 22.1 Å². The maximum absolute atomic E-state index is 12.4. The van der Waals surface area contributed by atoms with Gasteiger partial charge in [-0.1, -0.05) is 48.0 Å². The van der Waals surface area contributed by atoms with Crippen LogP contribution in [0.3, 0.4) is 0 Å². The van der Waals surface area contributed by atoms with Gasteiger partial charge in [0.05, 0.1) is 5.56 Å². The van der Waals surface area contributed by atoms with Crippen LogP contribution in [-0.2, 0) is 0 Å². The molecular formula is C24H17ClN2O3S. The Morgan fingerprint density at radius 3 is 2.61 bits per heavy atom. The Bertz CT molecular complexity index is 1380. The molecule has 1 amide bonds. The van der Waals surface area contributed by atoms with Gasteiger partial charge in [0.2, 0.25) is 0 Å². The third-order valence-corrected chi connectivity index (χ3v) is 5.35. The van der Waals surface area contributed by atoms with Gasteiger partial charge in [-0.2, -0.15) is 0 Å². The molecular weight excluding hydrogens is 432 g/mol. The number of halogens is 1. The van der Waals surface area contributed by atoms with Crippen LogP contribution in [0.15, 0.2) is 82.0 Å². The monoisotopic (exact) mass is 448 g/mol. The van der Waals surface area contributed by atoms with E-state index in [0.717, 1.165) is 10.9 Å². The number of carbonyl (C=O) groups is 1. The number of thiocarbonyl (C=S) groups is 1. The van der Waals surface area contributed by atoms with E-state index in [1.807, 2.05) is 31.2 Å². The summed E-state index contributed by atoms with van der Waals surface area (Å²) in [5.74, 6) is -0.370. The summed E-state index contributed by atoms with van der Waals surface area (Å²) in [5, 5.41) is 7.06. The molecule has 4 rings (SSSR count). The van der Waals surface area contributed by atoms with Crippen LogP contribution in [0, 0.1) is 6.92 Å². The molecule has 2 N–H and O–H groups in total. The van der Waals surface area contributed by atoms with E-state index >= 15 is 0 Å². The third-order valence-electron chi connectivity index (χ3n) is 4.73. The fraction of sp³-hybridized carbons (Fsp3) is 0.0417. The van der Waals surface area contributed by atoms with Gasteiger partial charge in [-0.3, -0.25) is 10.1 Å². The van der Waals surface area contributed by atoms with Crippen LogP contribution in [0.1, 0.15) is 15.9 Å². The summed E-state index contributed by atoms with van der Waals surface area (Å²) in [4.78, 5) is 24.9. The Labute approximate surface area is 188 Å². The largest absolute Gasteiger partial charge is 0.422 e. The molecule has 0 saturated carbocycles. The number of anilines is 1. The standard InChI is InChI=1S/C24H17ClN2O3S/c1-14-9-10-17(13-20(14)25)22(28)27-24(31)26-18-7-4-6-15(11-18)19-12-16-5-2-3-8-21(16)30-23(19)29/h2-13H,1H3,(H2,26,27,28,31). The summed E-state index contributed by atoms with van der Waals surface area (Å²) < 4.78 is 5.42. The molecule has 154 valence electrons. The third kappa shape index (κ3) is 4.66. The molecule has 7 heteroatoms. The van der Waals surface area contributed by atoms with Crippen molar-refractivity contribution < 1.29 is 9.21 Å². The van der Waals surface area contributed by atoms with Gasteiger partial charge < -0.3 is 9.73 Å². The lowest BCUT2D eigenvalue weighted by atomic mass is 10.1. The Morgan fingerprint density at radius 1 is 1.00 bits per heavy atom. The highest BCUT2D eigenvalue weighted by molar-refractivity contribution is 7.80. The average molecular weight is 449 g/mol. The van der Waals surface area contributed by atoms with E-state index in [0.29, 0.717) is 33.0 Å². The van der Waals surface area contributed by atoms with Crippen LogP contribution in [0.4, 0.5) is 5.69 Å². The first-order valence-corrected chi connectivity index (χ1v) is 10.2. The highest BCUT2D eigenvalue weighted by atomic mass is 35.5. The quantitative estimate of drug-likeness (QED) is 0.317. The zero-order chi connectivity index (χ0) is 22.0. The second-order valence-corrected chi connectivity index (χ2v) is 7.75. The van der Waals surface area contributed by atoms with E-state index in [-0.39, 0.29) is 11.0 Å². The maximum Gasteiger partial charge on any atom is 0.344 e. The van der Waals surface area contributed by atoms with E-state index in [4.69, 9.17) is 28.2 Å². The summed E-state index contributed by atoms with van der Waals surface area (Å²) in [7, 11) is 0. The zero-order valence-corrected chi connectivity index (χ0v) is 18.0. The van der Waals surface area contributed by atoms with E-state index in [1.54, 1.807) is 48.5 Å². The molecule has 1 heterocycles. The predicted molar refractivity (Wildman–Crippen MR) is 128 cm³/mol. The predicted octanol–water partition coefficient (Wildman–Crippen LogP) is 5.55. The molecule has 0 spiro atoms. The zero-order valence-electron chi connectivity index (χ0n) is 16.4. The van der Waals surface area contributed by atoms with E-state index in [1.165, 1.54) is 0 Å². The number of para-hydroxylation sites is 1. The molecule has 0 aliphatic rings. The second-order valence-electron chi connectivity index (χ2n) is 6.94. The SMILES string of the molecule is Cc1ccc(C(=O)NC(=S)Nc2cccc(-c3cc4ccccc4oc3=O)c2)cc1Cl. The van der Waals surface area contributed by atoms with Crippen molar-refractivity contribution in [3.05, 3.63) is 99.4 Å². The maximum atomic E-state index is 12.4. The molecule has 0 bridgehead atoms. The van der Waals surface area contributed by atoms with Crippen LogP contribution in [0.2, 0.25) is 5.02 Å². The number of rotatable bonds is 3. The van der Waals surface area contributed by atoms with Crippen molar-refractivity contribution in [2.24, 2.45) is 0 Å². The molecule has 0 fully saturated rings. The minimum atomic E-state index is -0.428. The Kier molecular flexibility index (Phi) is 5.84. The number of hydrogen-bond donors (Lipinski definition) is 2. The molecule has 0 saturated heterocycles. The number of amides is 1. The first-order valence-electron chi connectivity index (χ1n) is 9.42. The molecule has 0 atom stereocenters. The number of fused-ring (bicyclic) bond motifs is 1. The van der Waals surface area contributed by atoms with E-state index in [2.05, 4.69) is 10.6 Å². The molecule has 0 unspecified atom stereocenters. The molecule has 0 radical (unpaired) electrons. The van der Waals surface area contributed by atoms with Crippen molar-refractivity contribution in [3.8, 4) is 11.1 Å². The summed E-state index contributed by atoms with van der Waals surface area (Å²) in [6.07, 6.45) is 0. The fourth-order valence-corrected chi connectivity index (χ4v) is 3.49. The highest BCUT2D eigenvalue weighted by Crippen LogP contribution is 2.23. The lowest BCUT2D eigenvalue weighted by Gasteiger charge is -2.11. The van der Waals surface area contributed by atoms with Crippen molar-refractivity contribution in [2.45, 2.75) is 6.92 Å². The van der Waals surface area contributed by atoms with E-state index < -0.39 is 5.63 Å². The number of benzene rings is 3. The van der Waals surface area contributed by atoms with E-state index in [9.17, 15) is 9.59 Å². The number of carbonyl (C=O) groups excluding carboxylic acids is 1. The topological polar surface area (TPSA) is 71.3 Å². The molecule has 5 nitrogen and oxygen atoms in total. The van der Waals surface area contributed by atoms with Crippen molar-refractivity contribution in [1.29, 1.82) is 0 Å². The van der Waals surface area contributed by atoms with Crippen molar-refractivity contribution in [1.82, 2.24) is 5.32 Å². The van der Waals surface area contributed by atoms with Crippen molar-refractivity contribution >= 4 is 51.5 Å². The fourth-order valence-electron chi connectivity index (χ4n) is 3.10. The summed E-state index contributed by atoms with van der Waals surface area (Å²) in [6, 6.07) is 21.3. The van der Waals surface area contributed by atoms with Crippen LogP contribution < -0.4 is 16.3 Å². The van der Waals surface area contributed by atoms with Gasteiger partial charge in [-0.15, -0.1) is 0 Å². The lowest BCUT2D eigenvalue weighted by Crippen LogP contribution is -2.34. The second kappa shape index (κ2) is 8.71. The summed E-state index contributed by atoms with van der Waals surface area (Å²) in [5.41, 5.74) is 3.12. The minimum Gasteiger partial charge on any atom is -0.422 e. The van der Waals surface area contributed by atoms with Crippen molar-refractivity contribution in [3.63, 3.8) is 0 Å². The van der Waals surface area contributed by atoms with Gasteiger partial charge >= 0.3 is 5.63 Å². The van der Waals surface area contributed by atoms with Gasteiger partial charge in [0.25, 0.3) is 5.91 Å². The number of aryl methyl sites for hydroxylation is 1. The van der Waals surface area contributed by atoms with Crippen molar-refractivity contribution in [2.75, 3.05) is 5.32 Å². The van der Waals surface area contributed by atoms with Crippen LogP contribution in [-0.4, -0.2) is 11.0 Å². The Morgan fingerprint density at radius 2 is 1.81 bits per heavy atom. The molecule has 0 aliphatic heterocycles. The minimum absolute atomic E-state index is 0.129. The number of nitrogens with one attached hydrogen (secondary N) is 2. The molecule has 31 heavy (non-hydrogen) atoms. The lowest BCUT2D eigenvalue weighted by molar-refractivity contribution is 0.0977. The van der Waals surface area contributed by atoms with Gasteiger partial charge in [0.15, 0.2) is 5.11 Å². The average Bonchev–Trinajstić information content (AvgIpc) is 2.75. The van der Waals surface area contributed by atoms with Crippen LogP contribution >= 0.6 is 23.8 Å². The molecule has 0 aliphatic carbocycles. The van der Waals surface area contributed by atoms with Gasteiger partial charge in [-0.25, -0.2) is 4.79 Å². The Hall–Kier alpha value is -3.48. The summed E-state index contributed by atoms with van der Waals surface area (Å²) >= 11 is 11.4. The van der Waals surface area contributed by atoms with Gasteiger partial charge in [0, 0.05) is 21.7 Å². The van der Waals surface area contributed by atoms with Gasteiger partial charge in [0.1, 0.15) is 5.58 Å².